The molecule has 0 bridgehead atoms. The smallest absolute Gasteiger partial charge is 0.380 e. The lowest BCUT2D eigenvalue weighted by Crippen LogP contribution is -2.73. The standard InChI is InChI=1S/C26H32F6N4O5S/c27-25(28,29)19-7-5-17(6-8-19)11-33-21(37)20-4-2-10-36(20)22(38)18-3-1-9-34(12-18)42(40,41)35-15-23(16-35)13-24(39,14-23)26(30,31)32/h5-8,18,20,39H,1-4,9-16H2,(H,33,37)/t18-,20+/m0/s1. The molecule has 0 radical (unpaired) electrons. The van der Waals surface area contributed by atoms with E-state index in [1.54, 1.807) is 0 Å². The van der Waals surface area contributed by atoms with Crippen molar-refractivity contribution in [3.63, 3.8) is 0 Å². The van der Waals surface area contributed by atoms with Crippen LogP contribution in [0.2, 0.25) is 0 Å². The average molecular weight is 627 g/mol. The summed E-state index contributed by atoms with van der Waals surface area (Å²) in [6.45, 7) is 0.0544. The first-order valence-electron chi connectivity index (χ1n) is 13.7. The maximum Gasteiger partial charge on any atom is 0.417 e. The van der Waals surface area contributed by atoms with Gasteiger partial charge < -0.3 is 15.3 Å². The molecule has 3 heterocycles. The van der Waals surface area contributed by atoms with Gasteiger partial charge in [-0.3, -0.25) is 9.59 Å². The molecule has 9 nitrogen and oxygen atoms in total. The minimum absolute atomic E-state index is 0.0252. The third-order valence-corrected chi connectivity index (χ3v) is 10.8. The highest BCUT2D eigenvalue weighted by atomic mass is 32.2. The van der Waals surface area contributed by atoms with Gasteiger partial charge in [-0.15, -0.1) is 0 Å². The maximum atomic E-state index is 13.4. The summed E-state index contributed by atoms with van der Waals surface area (Å²) in [7, 11) is -4.03. The number of carbonyl (C=O) groups excluding carboxylic acids is 2. The number of piperidine rings is 1. The summed E-state index contributed by atoms with van der Waals surface area (Å²) >= 11 is 0. The van der Waals surface area contributed by atoms with Gasteiger partial charge in [0, 0.05) is 44.7 Å². The SMILES string of the molecule is O=C(NCc1ccc(C(F)(F)F)cc1)[C@H]1CCCN1C(=O)[C@H]1CCCN(S(=O)(=O)N2CC3(C2)CC(O)(C(F)(F)F)C3)C1. The minimum atomic E-state index is -4.77. The van der Waals surface area contributed by atoms with Crippen molar-refractivity contribution >= 4 is 22.0 Å². The van der Waals surface area contributed by atoms with Gasteiger partial charge in [0.1, 0.15) is 6.04 Å². The van der Waals surface area contributed by atoms with Crippen molar-refractivity contribution in [2.24, 2.45) is 11.3 Å². The lowest BCUT2D eigenvalue weighted by molar-refractivity contribution is -0.327. The molecule has 1 aromatic rings. The predicted octanol–water partition coefficient (Wildman–Crippen LogP) is 2.66. The Labute approximate surface area is 239 Å². The van der Waals surface area contributed by atoms with Gasteiger partial charge in [0.25, 0.3) is 10.2 Å². The van der Waals surface area contributed by atoms with E-state index in [1.165, 1.54) is 17.0 Å². The van der Waals surface area contributed by atoms with E-state index in [-0.39, 0.29) is 38.6 Å². The molecule has 3 aliphatic heterocycles. The van der Waals surface area contributed by atoms with Gasteiger partial charge in [-0.1, -0.05) is 12.1 Å². The molecule has 16 heteroatoms. The van der Waals surface area contributed by atoms with Gasteiger partial charge in [-0.05, 0) is 56.2 Å². The monoisotopic (exact) mass is 626 g/mol. The Kier molecular flexibility index (Phi) is 7.85. The number of carbonyl (C=O) groups is 2. The van der Waals surface area contributed by atoms with Crippen LogP contribution in [0.5, 0.6) is 0 Å². The van der Waals surface area contributed by atoms with Crippen molar-refractivity contribution in [3.05, 3.63) is 35.4 Å². The zero-order valence-corrected chi connectivity index (χ0v) is 23.4. The molecule has 1 aliphatic carbocycles. The van der Waals surface area contributed by atoms with Crippen LogP contribution >= 0.6 is 0 Å². The lowest BCUT2D eigenvalue weighted by atomic mass is 9.55. The van der Waals surface area contributed by atoms with Crippen LogP contribution in [0.1, 0.15) is 49.7 Å². The maximum absolute atomic E-state index is 13.4. The van der Waals surface area contributed by atoms with Crippen molar-refractivity contribution in [2.75, 3.05) is 32.7 Å². The second-order valence-electron chi connectivity index (χ2n) is 12.0. The number of rotatable bonds is 6. The van der Waals surface area contributed by atoms with E-state index < -0.39 is 69.8 Å². The quantitative estimate of drug-likeness (QED) is 0.472. The third-order valence-electron chi connectivity index (χ3n) is 8.86. The number of nitrogens with zero attached hydrogens (tertiary/aromatic N) is 3. The highest BCUT2D eigenvalue weighted by molar-refractivity contribution is 7.86. The molecule has 1 aromatic carbocycles. The Bertz CT molecular complexity index is 1310. The number of hydrogen-bond acceptors (Lipinski definition) is 5. The van der Waals surface area contributed by atoms with E-state index in [0.29, 0.717) is 37.8 Å². The van der Waals surface area contributed by atoms with Gasteiger partial charge in [-0.2, -0.15) is 43.4 Å². The van der Waals surface area contributed by atoms with Crippen molar-refractivity contribution in [2.45, 2.75) is 69.1 Å². The van der Waals surface area contributed by atoms with E-state index >= 15 is 0 Å². The Morgan fingerprint density at radius 1 is 0.952 bits per heavy atom. The van der Waals surface area contributed by atoms with E-state index in [9.17, 15) is 49.5 Å². The molecule has 1 saturated carbocycles. The summed E-state index contributed by atoms with van der Waals surface area (Å²) in [5, 5.41) is 12.4. The number of hydrogen-bond donors (Lipinski definition) is 2. The summed E-state index contributed by atoms with van der Waals surface area (Å²) in [4.78, 5) is 27.8. The number of nitrogens with one attached hydrogen (secondary N) is 1. The summed E-state index contributed by atoms with van der Waals surface area (Å²) in [5.74, 6) is -1.52. The highest BCUT2D eigenvalue weighted by Gasteiger charge is 2.71. The zero-order chi connectivity index (χ0) is 30.7. The molecule has 4 aliphatic rings. The van der Waals surface area contributed by atoms with Gasteiger partial charge in [0.05, 0.1) is 11.5 Å². The molecule has 0 aromatic heterocycles. The first-order valence-corrected chi connectivity index (χ1v) is 15.1. The van der Waals surface area contributed by atoms with Crippen molar-refractivity contribution in [1.29, 1.82) is 0 Å². The fourth-order valence-corrected chi connectivity index (χ4v) is 8.58. The van der Waals surface area contributed by atoms with E-state index in [4.69, 9.17) is 0 Å². The molecular weight excluding hydrogens is 594 g/mol. The molecule has 4 fully saturated rings. The first-order chi connectivity index (χ1) is 19.4. The Morgan fingerprint density at radius 3 is 2.17 bits per heavy atom. The number of aliphatic hydroxyl groups is 1. The van der Waals surface area contributed by atoms with Crippen LogP contribution in [-0.2, 0) is 32.5 Å². The van der Waals surface area contributed by atoms with Crippen molar-refractivity contribution in [3.8, 4) is 0 Å². The van der Waals surface area contributed by atoms with Crippen LogP contribution < -0.4 is 5.32 Å². The molecule has 2 atom stereocenters. The summed E-state index contributed by atoms with van der Waals surface area (Å²) in [5.41, 5.74) is -4.04. The van der Waals surface area contributed by atoms with Gasteiger partial charge >= 0.3 is 12.4 Å². The molecule has 2 N–H and O–H groups in total. The average Bonchev–Trinajstić information content (AvgIpc) is 3.37. The molecule has 234 valence electrons. The Hall–Kier alpha value is -2.43. The zero-order valence-electron chi connectivity index (χ0n) is 22.5. The second-order valence-corrected chi connectivity index (χ2v) is 13.9. The number of amides is 2. The van der Waals surface area contributed by atoms with Crippen molar-refractivity contribution in [1.82, 2.24) is 18.8 Å². The molecule has 42 heavy (non-hydrogen) atoms. The van der Waals surface area contributed by atoms with E-state index in [0.717, 1.165) is 20.7 Å². The lowest BCUT2D eigenvalue weighted by Gasteiger charge is -2.62. The minimum Gasteiger partial charge on any atom is -0.380 e. The molecule has 0 unspecified atom stereocenters. The first kappa shape index (κ1) is 31.0. The van der Waals surface area contributed by atoms with Crippen molar-refractivity contribution < 1.29 is 49.5 Å². The normalized spacial score (nSPS) is 26.5. The number of likely N-dealkylation sites (tertiary alicyclic amines) is 1. The summed E-state index contributed by atoms with van der Waals surface area (Å²) in [6, 6.07) is 3.58. The third kappa shape index (κ3) is 5.74. The van der Waals surface area contributed by atoms with Gasteiger partial charge in [-0.25, -0.2) is 0 Å². The van der Waals surface area contributed by atoms with Crippen LogP contribution in [0.25, 0.3) is 0 Å². The van der Waals surface area contributed by atoms with E-state index in [2.05, 4.69) is 5.32 Å². The van der Waals surface area contributed by atoms with Gasteiger partial charge in [0.15, 0.2) is 5.60 Å². The summed E-state index contributed by atoms with van der Waals surface area (Å²) in [6.07, 6.45) is -8.60. The number of benzene rings is 1. The molecule has 3 saturated heterocycles. The molecule has 2 amide bonds. The second kappa shape index (κ2) is 10.6. The van der Waals surface area contributed by atoms with Crippen LogP contribution in [0.15, 0.2) is 24.3 Å². The fraction of sp³-hybridized carbons (Fsp3) is 0.692. The van der Waals surface area contributed by atoms with Crippen LogP contribution in [0.4, 0.5) is 26.3 Å². The Balaban J connectivity index is 1.15. The number of halogens is 6. The topological polar surface area (TPSA) is 110 Å². The molecule has 5 rings (SSSR count). The van der Waals surface area contributed by atoms with Crippen LogP contribution in [0.3, 0.4) is 0 Å². The van der Waals surface area contributed by atoms with E-state index in [1.807, 2.05) is 0 Å². The highest BCUT2D eigenvalue weighted by Crippen LogP contribution is 2.60. The molecular formula is C26H32F6N4O5S. The van der Waals surface area contributed by atoms with Crippen LogP contribution in [-0.4, -0.2) is 89.4 Å². The largest absolute Gasteiger partial charge is 0.417 e. The molecule has 1 spiro atoms. The Morgan fingerprint density at radius 2 is 1.57 bits per heavy atom. The fourth-order valence-electron chi connectivity index (χ4n) is 6.65. The summed E-state index contributed by atoms with van der Waals surface area (Å²) < 4.78 is 106. The van der Waals surface area contributed by atoms with Crippen LogP contribution in [0, 0.1) is 11.3 Å². The van der Waals surface area contributed by atoms with Gasteiger partial charge in [0.2, 0.25) is 11.8 Å². The predicted molar refractivity (Wildman–Crippen MR) is 135 cm³/mol. The number of alkyl halides is 6.